The number of amides is 2. The quantitative estimate of drug-likeness (QED) is 0.0835. The summed E-state index contributed by atoms with van der Waals surface area (Å²) in [7, 11) is -5.23. The Labute approximate surface area is 466 Å². The van der Waals surface area contributed by atoms with E-state index in [2.05, 4.69) is 56.8 Å². The normalized spacial score (nSPS) is 16.3. The molecule has 22 nitrogen and oxygen atoms in total. The number of likely N-dealkylation sites (N-methyl/N-ethyl adjacent to an activating group) is 1. The summed E-state index contributed by atoms with van der Waals surface area (Å²) in [5.41, 5.74) is 7.50. The molecule has 0 spiro atoms. The first-order chi connectivity index (χ1) is 38.9. The minimum Gasteiger partial charge on any atom is -0.406 e. The van der Waals surface area contributed by atoms with E-state index in [9.17, 15) is 52.8 Å². The van der Waals surface area contributed by atoms with E-state index in [4.69, 9.17) is 21.1 Å². The maximum absolute atomic E-state index is 13.1. The number of benzene rings is 4. The van der Waals surface area contributed by atoms with E-state index in [0.717, 1.165) is 85.7 Å². The fourth-order valence-corrected chi connectivity index (χ4v) is 9.14. The molecule has 0 unspecified atom stereocenters. The van der Waals surface area contributed by atoms with E-state index in [0.29, 0.717) is 84.4 Å². The smallest absolute Gasteiger partial charge is 0.406 e. The lowest BCUT2D eigenvalue weighted by atomic mass is 10.0. The Bertz CT molecular complexity index is 3360. The highest BCUT2D eigenvalue weighted by molar-refractivity contribution is 7.85. The van der Waals surface area contributed by atoms with Crippen LogP contribution in [0.4, 0.5) is 26.3 Å². The highest BCUT2D eigenvalue weighted by Crippen LogP contribution is 2.35. The Morgan fingerprint density at radius 1 is 0.605 bits per heavy atom. The molecule has 10 rings (SSSR count). The molecule has 442 valence electrons. The first-order valence-electron chi connectivity index (χ1n) is 25.8. The third-order valence-corrected chi connectivity index (χ3v) is 12.6. The highest BCUT2D eigenvalue weighted by Gasteiger charge is 2.34. The van der Waals surface area contributed by atoms with Crippen molar-refractivity contribution in [2.75, 3.05) is 71.9 Å². The summed E-state index contributed by atoms with van der Waals surface area (Å²) in [6, 6.07) is 18.6. The summed E-state index contributed by atoms with van der Waals surface area (Å²) in [6.45, 7) is 13.9. The molecule has 6 heterocycles. The Morgan fingerprint density at radius 2 is 0.963 bits per heavy atom. The van der Waals surface area contributed by atoms with Gasteiger partial charge in [-0.05, 0) is 103 Å². The molecule has 3 N–H and O–H groups in total. The Balaban J connectivity index is 0.000000256. The van der Waals surface area contributed by atoms with Crippen LogP contribution in [0, 0.1) is 13.8 Å². The van der Waals surface area contributed by atoms with Gasteiger partial charge in [0.25, 0.3) is 43.8 Å². The van der Waals surface area contributed by atoms with Crippen LogP contribution in [0.15, 0.2) is 81.8 Å². The van der Waals surface area contributed by atoms with E-state index >= 15 is 0 Å². The number of fused-ring (bicyclic) bond motifs is 2. The van der Waals surface area contributed by atoms with Crippen LogP contribution in [0.2, 0.25) is 0 Å². The monoisotopic (exact) mass is 1190 g/mol. The number of alkyl halides is 6. The van der Waals surface area contributed by atoms with Gasteiger partial charge in [0.15, 0.2) is 11.6 Å². The van der Waals surface area contributed by atoms with Crippen molar-refractivity contribution in [3.05, 3.63) is 129 Å². The van der Waals surface area contributed by atoms with Gasteiger partial charge in [-0.2, -0.15) is 26.8 Å². The minimum absolute atomic E-state index is 0. The maximum Gasteiger partial charge on any atom is 0.573 e. The topological polar surface area (TPSA) is 267 Å². The van der Waals surface area contributed by atoms with E-state index in [1.54, 1.807) is 9.80 Å². The first kappa shape index (κ1) is 60.0. The number of ether oxygens (including phenoxy) is 2. The van der Waals surface area contributed by atoms with Gasteiger partial charge in [0.05, 0.1) is 25.6 Å². The molecule has 0 saturated carbocycles. The van der Waals surface area contributed by atoms with Crippen LogP contribution >= 0.6 is 0 Å². The van der Waals surface area contributed by atoms with Crippen LogP contribution in [0.1, 0.15) is 70.1 Å². The molecule has 0 aliphatic carbocycles. The number of hydrogen-bond donors (Lipinski definition) is 3. The van der Waals surface area contributed by atoms with Crippen molar-refractivity contribution in [3.63, 3.8) is 0 Å². The predicted molar refractivity (Wildman–Crippen MR) is 282 cm³/mol. The summed E-state index contributed by atoms with van der Waals surface area (Å²) >= 11 is 0. The van der Waals surface area contributed by atoms with Crippen molar-refractivity contribution < 1.29 is 84.8 Å². The number of carbonyl (C=O) groups is 2. The lowest BCUT2D eigenvalue weighted by Crippen LogP contribution is -2.44. The van der Waals surface area contributed by atoms with Crippen LogP contribution < -0.4 is 14.8 Å². The zero-order valence-corrected chi connectivity index (χ0v) is 46.0. The maximum atomic E-state index is 13.1. The molecular weight excluding hydrogens is 1120 g/mol. The van der Waals surface area contributed by atoms with Gasteiger partial charge in [0.1, 0.15) is 11.5 Å². The fourth-order valence-electron chi connectivity index (χ4n) is 9.14. The van der Waals surface area contributed by atoms with Crippen molar-refractivity contribution >= 4 is 32.1 Å². The van der Waals surface area contributed by atoms with Crippen molar-refractivity contribution in [2.45, 2.75) is 65.8 Å². The number of piperazine rings is 2. The SMILES string of the molecule is CS(=O)(=O)O.CS(=O)(=O)O.Cc1cc(-c2nc(CN3CCN(C)CC3)no2)cc2c1C(=O)N(Cc1ccc(OC(F)(F)F)cc1)C2.Cc1cc(-c2nc(CN3CCNCC3)no2)cc2c1C(=O)N(Cc1ccc(OC(F)(F)F)cc1)C2.[2HH].[2H][2H]. The van der Waals surface area contributed by atoms with Crippen LogP contribution in [-0.2, 0) is 59.5 Å². The number of aryl methyl sites for hydroxylation is 2. The van der Waals surface area contributed by atoms with Crippen LogP contribution in [0.5, 0.6) is 11.5 Å². The van der Waals surface area contributed by atoms with Crippen molar-refractivity contribution in [3.8, 4) is 34.4 Å². The molecule has 4 aliphatic rings. The largest absolute Gasteiger partial charge is 0.573 e. The lowest BCUT2D eigenvalue weighted by Gasteiger charge is -2.31. The molecule has 81 heavy (non-hydrogen) atoms. The van der Waals surface area contributed by atoms with Gasteiger partial charge in [-0.3, -0.25) is 28.5 Å². The van der Waals surface area contributed by atoms with Gasteiger partial charge in [-0.25, -0.2) is 0 Å². The molecule has 0 atom stereocenters. The second kappa shape index (κ2) is 25.8. The van der Waals surface area contributed by atoms with E-state index in [1.165, 1.54) is 48.5 Å². The number of carbonyl (C=O) groups excluding carboxylic acids is 2. The summed E-state index contributed by atoms with van der Waals surface area (Å²) in [5.74, 6) is 1.24. The number of aromatic nitrogens is 4. The zero-order valence-electron chi connectivity index (χ0n) is 46.4. The standard InChI is InChI=1S/C25H26F3N5O3.C24H24F3N5O3.2CH4O3S.2H2/c1-16-11-18(23-29-21(30-36-23)15-32-9-7-31(2)8-10-32)12-19-14-33(24(34)22(16)19)13-17-3-5-20(6-4-17)35-25(26,27)28;1-15-10-17(22-29-20(30-35-22)14-31-8-6-28-7-9-31)11-18-13-32(23(33)21(15)18)12-16-2-4-19(5-3-16)34-24(25,26)27;2*1-5(2,3)4;;/h3-6,11-12H,7-10,13-15H2,1-2H3;2-5,10-11,28H,6-9,12-14H2,1H3;2*1H3,(H,2,3,4);2*1H/i;;;;1+1D;1+1. The third kappa shape index (κ3) is 19.0. The second-order valence-corrected chi connectivity index (χ2v) is 22.4. The summed E-state index contributed by atoms with van der Waals surface area (Å²) in [6.07, 6.45) is -8.06. The molecule has 4 aliphatic heterocycles. The van der Waals surface area contributed by atoms with E-state index < -0.39 is 33.0 Å². The average Bonchev–Trinajstić information content (AvgIpc) is 2.52. The van der Waals surface area contributed by atoms with Crippen molar-refractivity contribution in [1.29, 1.82) is 0 Å². The predicted octanol–water partition coefficient (Wildman–Crippen LogP) is 6.85. The summed E-state index contributed by atoms with van der Waals surface area (Å²) in [5, 5.41) is 11.6. The van der Waals surface area contributed by atoms with E-state index in [-0.39, 0.29) is 37.8 Å². The van der Waals surface area contributed by atoms with Gasteiger partial charge in [0.2, 0.25) is 0 Å². The molecule has 2 fully saturated rings. The molecular formula is C51H62F6N10O12S2. The number of rotatable bonds is 12. The third-order valence-electron chi connectivity index (χ3n) is 12.6. The van der Waals surface area contributed by atoms with Gasteiger partial charge >= 0.3 is 12.7 Å². The van der Waals surface area contributed by atoms with Crippen LogP contribution in [0.3, 0.4) is 0 Å². The molecule has 30 heteroatoms. The van der Waals surface area contributed by atoms with Gasteiger partial charge < -0.3 is 38.5 Å². The lowest BCUT2D eigenvalue weighted by molar-refractivity contribution is -0.275. The van der Waals surface area contributed by atoms with Crippen molar-refractivity contribution in [1.82, 2.24) is 50.1 Å². The number of nitrogens with one attached hydrogen (secondary N) is 1. The Morgan fingerprint density at radius 3 is 1.32 bits per heavy atom. The molecule has 4 aromatic carbocycles. The second-order valence-electron chi connectivity index (χ2n) is 19.5. The van der Waals surface area contributed by atoms with Gasteiger partial charge in [-0.1, -0.05) is 34.6 Å². The average molecular weight is 1190 g/mol. The summed E-state index contributed by atoms with van der Waals surface area (Å²) in [4.78, 5) is 45.4. The molecule has 2 aromatic heterocycles. The van der Waals surface area contributed by atoms with Gasteiger partial charge in [-0.15, -0.1) is 26.3 Å². The first-order valence-corrected chi connectivity index (χ1v) is 28.5. The minimum atomic E-state index is -4.74. The highest BCUT2D eigenvalue weighted by atomic mass is 32.2. The zero-order chi connectivity index (χ0) is 61.0. The molecule has 0 bridgehead atoms. The summed E-state index contributed by atoms with van der Waals surface area (Å²) < 4.78 is 155. The number of halogens is 6. The van der Waals surface area contributed by atoms with Crippen molar-refractivity contribution in [2.24, 2.45) is 0 Å². The molecule has 6 aromatic rings. The Hall–Kier alpha value is -7.06. The molecule has 2 amide bonds. The molecule has 2 saturated heterocycles. The van der Waals surface area contributed by atoms with Crippen LogP contribution in [0.25, 0.3) is 22.9 Å². The van der Waals surface area contributed by atoms with Crippen LogP contribution in [-0.4, -0.2) is 167 Å². The number of hydrogen-bond acceptors (Lipinski definition) is 18. The Kier molecular flexibility index (Phi) is 19.1. The van der Waals surface area contributed by atoms with Gasteiger partial charge in [0, 0.05) is 105 Å². The van der Waals surface area contributed by atoms with E-state index in [1.807, 2.05) is 38.1 Å². The fraction of sp³-hybridized carbons (Fsp3) is 0.412. The number of nitrogens with zero attached hydrogens (tertiary/aromatic N) is 9. The molecule has 0 radical (unpaired) electrons.